The Kier molecular flexibility index (Phi) is 8.01. The van der Waals surface area contributed by atoms with E-state index in [1.165, 1.54) is 13.0 Å². The van der Waals surface area contributed by atoms with Crippen LogP contribution in [0.1, 0.15) is 12.5 Å². The van der Waals surface area contributed by atoms with Crippen molar-refractivity contribution in [3.05, 3.63) is 96.6 Å². The van der Waals surface area contributed by atoms with E-state index in [0.29, 0.717) is 43.9 Å². The number of fused-ring (bicyclic) bond motifs is 1. The second-order valence-electron chi connectivity index (χ2n) is 10.3. The maximum atomic E-state index is 15.6. The number of nitrogens with one attached hydrogen (secondary N) is 2. The fourth-order valence-corrected chi connectivity index (χ4v) is 5.02. The summed E-state index contributed by atoms with van der Waals surface area (Å²) in [6, 6.07) is 20.7. The van der Waals surface area contributed by atoms with Gasteiger partial charge in [0.1, 0.15) is 17.4 Å². The number of rotatable bonds is 7. The minimum absolute atomic E-state index is 0.0600. The third kappa shape index (κ3) is 6.49. The van der Waals surface area contributed by atoms with Crippen LogP contribution in [0.5, 0.6) is 0 Å². The minimum Gasteiger partial charge on any atom is -0.378 e. The topological polar surface area (TPSA) is 109 Å². The number of pyridine rings is 1. The van der Waals surface area contributed by atoms with E-state index in [-0.39, 0.29) is 22.9 Å². The highest BCUT2D eigenvalue weighted by molar-refractivity contribution is 6.00. The van der Waals surface area contributed by atoms with E-state index in [1.807, 2.05) is 30.3 Å². The van der Waals surface area contributed by atoms with Gasteiger partial charge >= 0.3 is 6.03 Å². The van der Waals surface area contributed by atoms with Crippen LogP contribution in [0.4, 0.5) is 26.4 Å². The van der Waals surface area contributed by atoms with Gasteiger partial charge in [-0.3, -0.25) is 9.78 Å². The normalized spacial score (nSPS) is 13.1. The van der Waals surface area contributed by atoms with Gasteiger partial charge in [-0.15, -0.1) is 0 Å². The summed E-state index contributed by atoms with van der Waals surface area (Å²) in [6.07, 6.45) is 3.84. The predicted molar refractivity (Wildman–Crippen MR) is 165 cm³/mol. The molecule has 2 aromatic heterocycles. The van der Waals surface area contributed by atoms with Crippen molar-refractivity contribution in [2.24, 2.45) is 0 Å². The smallest absolute Gasteiger partial charge is 0.323 e. The van der Waals surface area contributed by atoms with Crippen LogP contribution in [-0.2, 0) is 16.0 Å². The zero-order valence-corrected chi connectivity index (χ0v) is 23.5. The van der Waals surface area contributed by atoms with Crippen LogP contribution in [-0.4, -0.2) is 53.1 Å². The molecule has 43 heavy (non-hydrogen) atoms. The number of amides is 2. The van der Waals surface area contributed by atoms with Crippen molar-refractivity contribution in [2.75, 3.05) is 41.8 Å². The van der Waals surface area contributed by atoms with Crippen LogP contribution in [0, 0.1) is 5.82 Å². The summed E-state index contributed by atoms with van der Waals surface area (Å²) in [6.45, 7) is 4.01. The summed E-state index contributed by atoms with van der Waals surface area (Å²) in [7, 11) is 0. The standard InChI is InChI=1S/C33H29FN6O3/c1-21(41)17-22-4-7-25(8-5-22)36-33(42)37-26-9-11-27(29(34)19-26)31-38-30-18-23(24-3-2-12-35-20-24)6-10-28(30)32(39-31)40-13-15-43-16-14-40/h2-12,18-20H,13-17H2,1H3,(H2,36,37,42). The predicted octanol–water partition coefficient (Wildman–Crippen LogP) is 6.11. The van der Waals surface area contributed by atoms with Gasteiger partial charge < -0.3 is 20.3 Å². The van der Waals surface area contributed by atoms with Gasteiger partial charge in [-0.1, -0.05) is 24.3 Å². The third-order valence-electron chi connectivity index (χ3n) is 7.12. The molecule has 3 aromatic carbocycles. The summed E-state index contributed by atoms with van der Waals surface area (Å²) in [5.74, 6) is 0.458. The number of urea groups is 1. The van der Waals surface area contributed by atoms with Crippen molar-refractivity contribution in [1.29, 1.82) is 0 Å². The van der Waals surface area contributed by atoms with Gasteiger partial charge in [-0.05, 0) is 66.6 Å². The molecule has 0 aliphatic carbocycles. The fourth-order valence-electron chi connectivity index (χ4n) is 5.02. The molecule has 2 N–H and O–H groups in total. The average Bonchev–Trinajstić information content (AvgIpc) is 3.02. The van der Waals surface area contributed by atoms with Gasteiger partial charge in [-0.2, -0.15) is 0 Å². The Hall–Kier alpha value is -5.22. The number of benzene rings is 3. The molecule has 0 bridgehead atoms. The number of aromatic nitrogens is 3. The number of nitrogens with zero attached hydrogens (tertiary/aromatic N) is 4. The molecule has 0 unspecified atom stereocenters. The number of morpholine rings is 1. The van der Waals surface area contributed by atoms with Crippen LogP contribution in [0.2, 0.25) is 0 Å². The number of carbonyl (C=O) groups excluding carboxylic acids is 2. The second-order valence-corrected chi connectivity index (χ2v) is 10.3. The quantitative estimate of drug-likeness (QED) is 0.241. The van der Waals surface area contributed by atoms with Gasteiger partial charge in [0.05, 0.1) is 24.3 Å². The summed E-state index contributed by atoms with van der Waals surface area (Å²) in [5.41, 5.74) is 4.48. The average molecular weight is 577 g/mol. The first-order valence-electron chi connectivity index (χ1n) is 13.9. The first-order chi connectivity index (χ1) is 20.9. The van der Waals surface area contributed by atoms with Gasteiger partial charge in [0.25, 0.3) is 0 Å². The van der Waals surface area contributed by atoms with Crippen LogP contribution in [0.25, 0.3) is 33.4 Å². The Morgan fingerprint density at radius 2 is 1.67 bits per heavy atom. The van der Waals surface area contributed by atoms with E-state index in [1.54, 1.807) is 48.8 Å². The number of hydrogen-bond acceptors (Lipinski definition) is 7. The van der Waals surface area contributed by atoms with Gasteiger partial charge in [0.15, 0.2) is 5.82 Å². The van der Waals surface area contributed by atoms with Crippen molar-refractivity contribution >= 4 is 39.9 Å². The molecule has 1 aliphatic heterocycles. The highest BCUT2D eigenvalue weighted by atomic mass is 19.1. The van der Waals surface area contributed by atoms with E-state index in [9.17, 15) is 9.59 Å². The number of carbonyl (C=O) groups is 2. The third-order valence-corrected chi connectivity index (χ3v) is 7.12. The van der Waals surface area contributed by atoms with Crippen molar-refractivity contribution in [3.63, 3.8) is 0 Å². The SMILES string of the molecule is CC(=O)Cc1ccc(NC(=O)Nc2ccc(-c3nc(N4CCOCC4)c4ccc(-c5cccnc5)cc4n3)c(F)c2)cc1. The lowest BCUT2D eigenvalue weighted by molar-refractivity contribution is -0.116. The van der Waals surface area contributed by atoms with Crippen molar-refractivity contribution in [3.8, 4) is 22.5 Å². The van der Waals surface area contributed by atoms with E-state index in [2.05, 4.69) is 20.5 Å². The molecule has 0 radical (unpaired) electrons. The molecule has 2 amide bonds. The highest BCUT2D eigenvalue weighted by Gasteiger charge is 2.20. The molecular formula is C33H29FN6O3. The first kappa shape index (κ1) is 27.9. The summed E-state index contributed by atoms with van der Waals surface area (Å²) >= 11 is 0. The summed E-state index contributed by atoms with van der Waals surface area (Å²) in [4.78, 5) is 39.8. The lowest BCUT2D eigenvalue weighted by atomic mass is 10.0. The number of hydrogen-bond donors (Lipinski definition) is 2. The van der Waals surface area contributed by atoms with Crippen LogP contribution >= 0.6 is 0 Å². The van der Waals surface area contributed by atoms with Gasteiger partial charge in [0.2, 0.25) is 0 Å². The molecule has 5 aromatic rings. The summed E-state index contributed by atoms with van der Waals surface area (Å²) in [5, 5.41) is 6.24. The molecule has 10 heteroatoms. The monoisotopic (exact) mass is 576 g/mol. The Labute approximate surface area is 247 Å². The number of ketones is 1. The largest absolute Gasteiger partial charge is 0.378 e. The van der Waals surface area contributed by atoms with Crippen LogP contribution in [0.3, 0.4) is 0 Å². The van der Waals surface area contributed by atoms with E-state index < -0.39 is 11.8 Å². The van der Waals surface area contributed by atoms with Crippen molar-refractivity contribution < 1.29 is 18.7 Å². The highest BCUT2D eigenvalue weighted by Crippen LogP contribution is 2.32. The van der Waals surface area contributed by atoms with E-state index >= 15 is 4.39 Å². The maximum Gasteiger partial charge on any atom is 0.323 e. The Balaban J connectivity index is 1.27. The molecule has 1 aliphatic rings. The molecule has 0 spiro atoms. The molecule has 3 heterocycles. The van der Waals surface area contributed by atoms with Crippen LogP contribution in [0.15, 0.2) is 85.2 Å². The van der Waals surface area contributed by atoms with Crippen molar-refractivity contribution in [2.45, 2.75) is 13.3 Å². The number of Topliss-reactive ketones (excluding diaryl/α,β-unsaturated/α-hetero) is 1. The molecule has 1 saturated heterocycles. The minimum atomic E-state index is -0.568. The van der Waals surface area contributed by atoms with E-state index in [0.717, 1.165) is 27.9 Å². The number of halogens is 1. The Morgan fingerprint density at radius 3 is 2.40 bits per heavy atom. The molecule has 216 valence electrons. The Bertz CT molecular complexity index is 1790. The van der Waals surface area contributed by atoms with E-state index in [4.69, 9.17) is 14.7 Å². The fraction of sp³-hybridized carbons (Fsp3) is 0.182. The summed E-state index contributed by atoms with van der Waals surface area (Å²) < 4.78 is 21.1. The molecule has 0 saturated carbocycles. The van der Waals surface area contributed by atoms with Crippen LogP contribution < -0.4 is 15.5 Å². The molecule has 1 fully saturated rings. The van der Waals surface area contributed by atoms with Crippen molar-refractivity contribution in [1.82, 2.24) is 15.0 Å². The molecule has 0 atom stereocenters. The molecule has 6 rings (SSSR count). The molecule has 9 nitrogen and oxygen atoms in total. The Morgan fingerprint density at radius 1 is 0.907 bits per heavy atom. The second kappa shape index (κ2) is 12.3. The zero-order chi connectivity index (χ0) is 29.8. The lowest BCUT2D eigenvalue weighted by Gasteiger charge is -2.29. The lowest BCUT2D eigenvalue weighted by Crippen LogP contribution is -2.37. The van der Waals surface area contributed by atoms with Gasteiger partial charge in [-0.25, -0.2) is 19.2 Å². The number of ether oxygens (including phenoxy) is 1. The zero-order valence-electron chi connectivity index (χ0n) is 23.5. The number of anilines is 3. The maximum absolute atomic E-state index is 15.6. The van der Waals surface area contributed by atoms with Gasteiger partial charge in [0, 0.05) is 54.2 Å². The first-order valence-corrected chi connectivity index (χ1v) is 13.9. The molecular weight excluding hydrogens is 547 g/mol.